The minimum absolute atomic E-state index is 0.218. The number of rotatable bonds is 3. The fourth-order valence-electron chi connectivity index (χ4n) is 2.11. The molecule has 0 amide bonds. The summed E-state index contributed by atoms with van der Waals surface area (Å²) < 4.78 is 11.7. The fraction of sp³-hybridized carbons (Fsp3) is 0.0667. The largest absolute Gasteiger partial charge is 0.454 e. The topological polar surface area (TPSA) is 55.7 Å². The average molecular weight is 332 g/mol. The molecule has 0 saturated heterocycles. The van der Waals surface area contributed by atoms with Crippen molar-refractivity contribution in [3.8, 4) is 11.5 Å². The van der Waals surface area contributed by atoms with Gasteiger partial charge in [-0.3, -0.25) is 5.43 Å². The molecule has 1 aromatic heterocycles. The van der Waals surface area contributed by atoms with Crippen LogP contribution < -0.4 is 14.9 Å². The van der Waals surface area contributed by atoms with Crippen molar-refractivity contribution in [2.75, 3.05) is 12.2 Å². The van der Waals surface area contributed by atoms with E-state index in [9.17, 15) is 0 Å². The van der Waals surface area contributed by atoms with E-state index in [1.165, 1.54) is 0 Å². The number of hydrazone groups is 1. The van der Waals surface area contributed by atoms with Crippen molar-refractivity contribution in [2.45, 2.75) is 0 Å². The van der Waals surface area contributed by atoms with Gasteiger partial charge in [-0.1, -0.05) is 35.1 Å². The Hall–Kier alpha value is -2.31. The summed E-state index contributed by atoms with van der Waals surface area (Å²) >= 11 is 7.73. The van der Waals surface area contributed by atoms with Gasteiger partial charge in [0.2, 0.25) is 11.9 Å². The van der Waals surface area contributed by atoms with Gasteiger partial charge in [-0.15, -0.1) is 0 Å². The maximum absolute atomic E-state index is 6.19. The SMILES string of the molecule is Clc1cc2c(cc1/C=N\Nc1nc3ccccc3s1)OCO2. The highest BCUT2D eigenvalue weighted by Gasteiger charge is 2.15. The van der Waals surface area contributed by atoms with Crippen molar-refractivity contribution in [1.82, 2.24) is 4.98 Å². The second-order valence-corrected chi connectivity index (χ2v) is 6.02. The van der Waals surface area contributed by atoms with Crippen LogP contribution in [0.5, 0.6) is 11.5 Å². The number of nitrogens with zero attached hydrogens (tertiary/aromatic N) is 2. The second-order valence-electron chi connectivity index (χ2n) is 4.58. The van der Waals surface area contributed by atoms with Gasteiger partial charge in [0.25, 0.3) is 0 Å². The van der Waals surface area contributed by atoms with Gasteiger partial charge < -0.3 is 9.47 Å². The zero-order valence-electron chi connectivity index (χ0n) is 11.2. The van der Waals surface area contributed by atoms with Gasteiger partial charge in [0, 0.05) is 11.6 Å². The van der Waals surface area contributed by atoms with E-state index in [-0.39, 0.29) is 6.79 Å². The van der Waals surface area contributed by atoms with Crippen molar-refractivity contribution in [3.63, 3.8) is 0 Å². The molecule has 0 fully saturated rings. The van der Waals surface area contributed by atoms with Crippen LogP contribution in [0.2, 0.25) is 5.02 Å². The van der Waals surface area contributed by atoms with Crippen molar-refractivity contribution < 1.29 is 9.47 Å². The first-order valence-corrected chi connectivity index (χ1v) is 7.73. The van der Waals surface area contributed by atoms with Crippen molar-refractivity contribution in [3.05, 3.63) is 47.0 Å². The molecule has 110 valence electrons. The summed E-state index contributed by atoms with van der Waals surface area (Å²) in [5.74, 6) is 1.33. The predicted octanol–water partition coefficient (Wildman–Crippen LogP) is 4.12. The molecule has 0 aliphatic carbocycles. The van der Waals surface area contributed by atoms with Crippen LogP contribution in [0.25, 0.3) is 10.2 Å². The molecule has 1 aliphatic heterocycles. The van der Waals surface area contributed by atoms with Gasteiger partial charge in [-0.05, 0) is 18.2 Å². The first-order valence-electron chi connectivity index (χ1n) is 6.53. The van der Waals surface area contributed by atoms with Crippen LogP contribution in [0.1, 0.15) is 5.56 Å². The van der Waals surface area contributed by atoms with Gasteiger partial charge in [-0.25, -0.2) is 4.98 Å². The summed E-state index contributed by atoms with van der Waals surface area (Å²) in [5.41, 5.74) is 4.62. The van der Waals surface area contributed by atoms with E-state index < -0.39 is 0 Å². The van der Waals surface area contributed by atoms with Crippen LogP contribution in [0.4, 0.5) is 5.13 Å². The molecule has 22 heavy (non-hydrogen) atoms. The number of thiazole rings is 1. The number of halogens is 1. The number of anilines is 1. The molecular formula is C15H10ClN3O2S. The third-order valence-corrected chi connectivity index (χ3v) is 4.42. The zero-order chi connectivity index (χ0) is 14.9. The molecule has 2 heterocycles. The van der Waals surface area contributed by atoms with Crippen molar-refractivity contribution >= 4 is 44.5 Å². The van der Waals surface area contributed by atoms with Gasteiger partial charge in [0.15, 0.2) is 11.5 Å². The van der Waals surface area contributed by atoms with E-state index in [0.29, 0.717) is 16.5 Å². The van der Waals surface area contributed by atoms with E-state index in [1.54, 1.807) is 29.7 Å². The first kappa shape index (κ1) is 13.4. The lowest BCUT2D eigenvalue weighted by Crippen LogP contribution is -1.93. The molecule has 1 N–H and O–H groups in total. The summed E-state index contributed by atoms with van der Waals surface area (Å²) in [7, 11) is 0. The Balaban J connectivity index is 1.54. The molecular weight excluding hydrogens is 322 g/mol. The maximum Gasteiger partial charge on any atom is 0.231 e. The quantitative estimate of drug-likeness (QED) is 0.579. The fourth-order valence-corrected chi connectivity index (χ4v) is 3.13. The second kappa shape index (κ2) is 5.47. The molecule has 0 radical (unpaired) electrons. The standard InChI is InChI=1S/C15H10ClN3O2S/c16-10-6-13-12(20-8-21-13)5-9(10)7-17-19-15-18-11-3-1-2-4-14(11)22-15/h1-7H,8H2,(H,18,19)/b17-7-. The summed E-state index contributed by atoms with van der Waals surface area (Å²) in [6.45, 7) is 0.218. The Morgan fingerprint density at radius 1 is 1.23 bits per heavy atom. The number of para-hydroxylation sites is 1. The number of fused-ring (bicyclic) bond motifs is 2. The number of ether oxygens (including phenoxy) is 2. The third-order valence-electron chi connectivity index (χ3n) is 3.15. The molecule has 1 aliphatic rings. The van der Waals surface area contributed by atoms with Gasteiger partial charge in [-0.2, -0.15) is 5.10 Å². The number of benzene rings is 2. The number of aromatic nitrogens is 1. The average Bonchev–Trinajstić information content (AvgIpc) is 3.12. The summed E-state index contributed by atoms with van der Waals surface area (Å²) in [6, 6.07) is 11.5. The van der Waals surface area contributed by atoms with Gasteiger partial charge in [0.05, 0.1) is 21.5 Å². The van der Waals surface area contributed by atoms with Gasteiger partial charge >= 0.3 is 0 Å². The van der Waals surface area contributed by atoms with E-state index in [2.05, 4.69) is 15.5 Å². The zero-order valence-corrected chi connectivity index (χ0v) is 12.8. The Labute approximate surface area is 135 Å². The molecule has 7 heteroatoms. The van der Waals surface area contributed by atoms with E-state index in [1.807, 2.05) is 24.3 Å². The highest BCUT2D eigenvalue weighted by Crippen LogP contribution is 2.36. The Bertz CT molecular complexity index is 845. The molecule has 3 aromatic rings. The summed E-state index contributed by atoms with van der Waals surface area (Å²) in [4.78, 5) is 4.44. The highest BCUT2D eigenvalue weighted by molar-refractivity contribution is 7.22. The lowest BCUT2D eigenvalue weighted by molar-refractivity contribution is 0.174. The number of nitrogens with one attached hydrogen (secondary N) is 1. The predicted molar refractivity (Wildman–Crippen MR) is 88.4 cm³/mol. The lowest BCUT2D eigenvalue weighted by atomic mass is 10.2. The van der Waals surface area contributed by atoms with Crippen LogP contribution in [0, 0.1) is 0 Å². The smallest absolute Gasteiger partial charge is 0.231 e. The number of hydrogen-bond acceptors (Lipinski definition) is 6. The van der Waals surface area contributed by atoms with Crippen LogP contribution in [0.3, 0.4) is 0 Å². The first-order chi connectivity index (χ1) is 10.8. The molecule has 0 bridgehead atoms. The molecule has 5 nitrogen and oxygen atoms in total. The minimum atomic E-state index is 0.218. The Kier molecular flexibility index (Phi) is 3.32. The van der Waals surface area contributed by atoms with E-state index in [0.717, 1.165) is 20.9 Å². The Morgan fingerprint density at radius 2 is 2.05 bits per heavy atom. The van der Waals surface area contributed by atoms with Crippen LogP contribution in [-0.4, -0.2) is 18.0 Å². The molecule has 0 spiro atoms. The monoisotopic (exact) mass is 331 g/mol. The lowest BCUT2D eigenvalue weighted by Gasteiger charge is -2.01. The van der Waals surface area contributed by atoms with E-state index >= 15 is 0 Å². The summed E-state index contributed by atoms with van der Waals surface area (Å²) in [5, 5.41) is 5.47. The highest BCUT2D eigenvalue weighted by atomic mass is 35.5. The van der Waals surface area contributed by atoms with Crippen LogP contribution in [-0.2, 0) is 0 Å². The maximum atomic E-state index is 6.19. The Morgan fingerprint density at radius 3 is 2.91 bits per heavy atom. The van der Waals surface area contributed by atoms with Crippen molar-refractivity contribution in [2.24, 2.45) is 5.10 Å². The molecule has 0 saturated carbocycles. The van der Waals surface area contributed by atoms with Gasteiger partial charge in [0.1, 0.15) is 0 Å². The molecule has 0 atom stereocenters. The minimum Gasteiger partial charge on any atom is -0.454 e. The third kappa shape index (κ3) is 2.47. The van der Waals surface area contributed by atoms with Crippen LogP contribution >= 0.6 is 22.9 Å². The molecule has 0 unspecified atom stereocenters. The summed E-state index contributed by atoms with van der Waals surface area (Å²) in [6.07, 6.45) is 1.64. The number of hydrogen-bond donors (Lipinski definition) is 1. The molecule has 2 aromatic carbocycles. The normalized spacial score (nSPS) is 13.1. The van der Waals surface area contributed by atoms with Crippen molar-refractivity contribution in [1.29, 1.82) is 0 Å². The molecule has 4 rings (SSSR count). The van der Waals surface area contributed by atoms with E-state index in [4.69, 9.17) is 21.1 Å². The van der Waals surface area contributed by atoms with Crippen LogP contribution in [0.15, 0.2) is 41.5 Å².